The van der Waals surface area contributed by atoms with Crippen LogP contribution in [0.2, 0.25) is 0 Å². The lowest BCUT2D eigenvalue weighted by Crippen LogP contribution is -2.36. The van der Waals surface area contributed by atoms with E-state index >= 15 is 0 Å². The maximum Gasteiger partial charge on any atom is 0.330 e. The highest BCUT2D eigenvalue weighted by Gasteiger charge is 2.62. The lowest BCUT2D eigenvalue weighted by Gasteiger charge is -2.20. The minimum absolute atomic E-state index is 0.0161. The molecular formula is C20H25N3O5. The number of ether oxygens (including phenoxy) is 2. The highest BCUT2D eigenvalue weighted by molar-refractivity contribution is 6.02. The first-order valence-corrected chi connectivity index (χ1v) is 8.92. The second-order valence-corrected chi connectivity index (χ2v) is 8.44. The van der Waals surface area contributed by atoms with E-state index in [1.165, 1.54) is 4.90 Å². The van der Waals surface area contributed by atoms with Gasteiger partial charge in [-0.2, -0.15) is 5.26 Å². The fraction of sp³-hybridized carbons (Fsp3) is 0.600. The van der Waals surface area contributed by atoms with Crippen molar-refractivity contribution in [2.75, 3.05) is 19.8 Å². The summed E-state index contributed by atoms with van der Waals surface area (Å²) in [7, 11) is 0. The average Bonchev–Trinajstić information content (AvgIpc) is 3.00. The van der Waals surface area contributed by atoms with E-state index in [1.54, 1.807) is 6.08 Å². The summed E-state index contributed by atoms with van der Waals surface area (Å²) in [5.41, 5.74) is -0.952. The molecule has 2 atom stereocenters. The number of nitriles is 1. The van der Waals surface area contributed by atoms with Gasteiger partial charge in [-0.3, -0.25) is 9.59 Å². The van der Waals surface area contributed by atoms with Gasteiger partial charge in [0.1, 0.15) is 18.2 Å². The first kappa shape index (κ1) is 21.3. The molecule has 0 aromatic rings. The van der Waals surface area contributed by atoms with Crippen molar-refractivity contribution in [1.29, 1.82) is 5.26 Å². The van der Waals surface area contributed by atoms with E-state index in [2.05, 4.69) is 5.92 Å². The second-order valence-electron chi connectivity index (χ2n) is 8.44. The molecule has 1 aliphatic heterocycles. The van der Waals surface area contributed by atoms with Crippen molar-refractivity contribution >= 4 is 17.9 Å². The van der Waals surface area contributed by atoms with Crippen LogP contribution in [0.5, 0.6) is 0 Å². The number of hydrogen-bond donors (Lipinski definition) is 0. The third-order valence-corrected chi connectivity index (χ3v) is 4.77. The van der Waals surface area contributed by atoms with Crippen LogP contribution in [-0.2, 0) is 19.1 Å². The normalized spacial score (nSPS) is 23.9. The molecule has 0 aromatic heterocycles. The SMILES string of the molecule is C#CCN1CC(=O)N(COC(=O)[C@@H]2[C@@H](/C=C(\C#N)OC(C)(C)C)C2(C)C)C1=O. The molecule has 150 valence electrons. The van der Waals surface area contributed by atoms with E-state index in [4.69, 9.17) is 15.9 Å². The summed E-state index contributed by atoms with van der Waals surface area (Å²) in [6.07, 6.45) is 6.81. The maximum absolute atomic E-state index is 12.5. The topological polar surface area (TPSA) is 99.9 Å². The van der Waals surface area contributed by atoms with Gasteiger partial charge < -0.3 is 14.4 Å². The van der Waals surface area contributed by atoms with Gasteiger partial charge in [-0.05, 0) is 32.3 Å². The van der Waals surface area contributed by atoms with E-state index in [1.807, 2.05) is 40.7 Å². The van der Waals surface area contributed by atoms with Crippen molar-refractivity contribution in [1.82, 2.24) is 9.80 Å². The highest BCUT2D eigenvalue weighted by Crippen LogP contribution is 2.60. The molecule has 0 N–H and O–H groups in total. The molecular weight excluding hydrogens is 362 g/mol. The van der Waals surface area contributed by atoms with Crippen LogP contribution in [0.1, 0.15) is 34.6 Å². The molecule has 1 heterocycles. The Labute approximate surface area is 165 Å². The molecule has 0 aromatic carbocycles. The number of urea groups is 1. The summed E-state index contributed by atoms with van der Waals surface area (Å²) in [5.74, 6) is 0.725. The predicted octanol–water partition coefficient (Wildman–Crippen LogP) is 1.88. The molecule has 0 bridgehead atoms. The summed E-state index contributed by atoms with van der Waals surface area (Å²) in [5, 5.41) is 9.28. The molecule has 0 radical (unpaired) electrons. The lowest BCUT2D eigenvalue weighted by atomic mass is 10.1. The maximum atomic E-state index is 12.5. The van der Waals surface area contributed by atoms with Crippen LogP contribution in [0, 0.1) is 40.9 Å². The zero-order valence-corrected chi connectivity index (χ0v) is 16.8. The zero-order chi connectivity index (χ0) is 21.3. The van der Waals surface area contributed by atoms with E-state index < -0.39 is 41.6 Å². The Kier molecular flexibility index (Phi) is 5.75. The number of allylic oxidation sites excluding steroid dienone is 2. The molecule has 8 heteroatoms. The van der Waals surface area contributed by atoms with E-state index in [9.17, 15) is 19.6 Å². The summed E-state index contributed by atoms with van der Waals surface area (Å²) in [4.78, 5) is 38.6. The van der Waals surface area contributed by atoms with Crippen LogP contribution in [0.25, 0.3) is 0 Å². The van der Waals surface area contributed by atoms with Gasteiger partial charge in [0, 0.05) is 5.92 Å². The van der Waals surface area contributed by atoms with Crippen molar-refractivity contribution < 1.29 is 23.9 Å². The number of amides is 3. The van der Waals surface area contributed by atoms with Gasteiger partial charge in [-0.15, -0.1) is 6.42 Å². The summed E-state index contributed by atoms with van der Waals surface area (Å²) >= 11 is 0. The van der Waals surface area contributed by atoms with Gasteiger partial charge in [-0.25, -0.2) is 9.69 Å². The summed E-state index contributed by atoms with van der Waals surface area (Å²) in [6.45, 7) is 8.68. The molecule has 28 heavy (non-hydrogen) atoms. The van der Waals surface area contributed by atoms with E-state index in [0.29, 0.717) is 0 Å². The minimum atomic E-state index is -0.576. The third kappa shape index (κ3) is 4.45. The molecule has 2 fully saturated rings. The first-order chi connectivity index (χ1) is 12.9. The molecule has 0 spiro atoms. The number of imide groups is 1. The van der Waals surface area contributed by atoms with Crippen LogP contribution in [-0.4, -0.2) is 53.1 Å². The van der Waals surface area contributed by atoms with Gasteiger partial charge in [0.15, 0.2) is 12.5 Å². The number of carbonyl (C=O) groups is 3. The van der Waals surface area contributed by atoms with E-state index in [-0.39, 0.29) is 24.8 Å². The number of carbonyl (C=O) groups excluding carboxylic acids is 3. The number of nitrogens with zero attached hydrogens (tertiary/aromatic N) is 3. The summed E-state index contributed by atoms with van der Waals surface area (Å²) < 4.78 is 10.8. The Bertz CT molecular complexity index is 794. The molecule has 3 amide bonds. The van der Waals surface area contributed by atoms with Crippen molar-refractivity contribution in [2.45, 2.75) is 40.2 Å². The van der Waals surface area contributed by atoms with Gasteiger partial charge in [0.05, 0.1) is 12.5 Å². The minimum Gasteiger partial charge on any atom is -0.478 e. The molecule has 1 saturated carbocycles. The van der Waals surface area contributed by atoms with Crippen LogP contribution in [0.15, 0.2) is 11.8 Å². The smallest absolute Gasteiger partial charge is 0.330 e. The first-order valence-electron chi connectivity index (χ1n) is 8.92. The van der Waals surface area contributed by atoms with Gasteiger partial charge in [0.2, 0.25) is 0 Å². The Morgan fingerprint density at radius 1 is 1.39 bits per heavy atom. The second kappa shape index (κ2) is 7.55. The lowest BCUT2D eigenvalue weighted by molar-refractivity contribution is -0.151. The molecule has 8 nitrogen and oxygen atoms in total. The monoisotopic (exact) mass is 387 g/mol. The largest absolute Gasteiger partial charge is 0.478 e. The molecule has 2 aliphatic rings. The average molecular weight is 387 g/mol. The van der Waals surface area contributed by atoms with Gasteiger partial charge in [-0.1, -0.05) is 19.8 Å². The number of rotatable bonds is 6. The van der Waals surface area contributed by atoms with Crippen molar-refractivity contribution in [3.63, 3.8) is 0 Å². The van der Waals surface area contributed by atoms with Crippen molar-refractivity contribution in [2.24, 2.45) is 17.3 Å². The van der Waals surface area contributed by atoms with Crippen LogP contribution >= 0.6 is 0 Å². The molecule has 2 rings (SSSR count). The Morgan fingerprint density at radius 2 is 2.04 bits per heavy atom. The van der Waals surface area contributed by atoms with Gasteiger partial charge in [0.25, 0.3) is 5.91 Å². The zero-order valence-electron chi connectivity index (χ0n) is 16.8. The van der Waals surface area contributed by atoms with Crippen LogP contribution < -0.4 is 0 Å². The third-order valence-electron chi connectivity index (χ3n) is 4.77. The van der Waals surface area contributed by atoms with Crippen LogP contribution in [0.4, 0.5) is 4.79 Å². The highest BCUT2D eigenvalue weighted by atomic mass is 16.5. The van der Waals surface area contributed by atoms with E-state index in [0.717, 1.165) is 4.90 Å². The predicted molar refractivity (Wildman–Crippen MR) is 98.9 cm³/mol. The number of esters is 1. The van der Waals surface area contributed by atoms with Crippen LogP contribution in [0.3, 0.4) is 0 Å². The quantitative estimate of drug-likeness (QED) is 0.227. The van der Waals surface area contributed by atoms with Crippen molar-refractivity contribution in [3.8, 4) is 18.4 Å². The van der Waals surface area contributed by atoms with Crippen molar-refractivity contribution in [3.05, 3.63) is 11.8 Å². The molecule has 1 aliphatic carbocycles. The number of terminal acetylenes is 1. The fourth-order valence-corrected chi connectivity index (χ4v) is 3.20. The Morgan fingerprint density at radius 3 is 2.57 bits per heavy atom. The Hall–Kier alpha value is -3.00. The standard InChI is InChI=1S/C20H25N3O5/c1-7-8-22-11-15(24)23(18(22)26)12-27-17(25)16-14(20(16,5)6)9-13(10-21)28-19(2,3)4/h1,9,14,16H,8,11-12H2,2-6H3/b13-9+/t14-,16+/m1/s1. The fourth-order valence-electron chi connectivity index (χ4n) is 3.20. The van der Waals surface area contributed by atoms with Gasteiger partial charge >= 0.3 is 12.0 Å². The molecule has 1 saturated heterocycles. The molecule has 0 unspecified atom stereocenters. The summed E-state index contributed by atoms with van der Waals surface area (Å²) in [6, 6.07) is 1.42. The number of hydrogen-bond acceptors (Lipinski definition) is 6. The Balaban J connectivity index is 2.00.